The van der Waals surface area contributed by atoms with E-state index in [0.717, 1.165) is 33.0 Å². The molecular formula is C26H18N6O. The van der Waals surface area contributed by atoms with E-state index in [1.165, 1.54) is 0 Å². The van der Waals surface area contributed by atoms with Gasteiger partial charge in [-0.3, -0.25) is 5.43 Å². The van der Waals surface area contributed by atoms with Gasteiger partial charge in [0.15, 0.2) is 11.6 Å². The summed E-state index contributed by atoms with van der Waals surface area (Å²) in [5.74, 6) is 1.27. The van der Waals surface area contributed by atoms with Crippen molar-refractivity contribution in [2.24, 2.45) is 5.10 Å². The SMILES string of the molecule is C(=NNc1nncc2ccccc12)c1cn(-c2ccccc2)nc1-c1cc2ccccc2o1. The molecule has 0 fully saturated rings. The van der Waals surface area contributed by atoms with Crippen molar-refractivity contribution in [3.63, 3.8) is 0 Å². The van der Waals surface area contributed by atoms with Gasteiger partial charge in [-0.05, 0) is 24.3 Å². The summed E-state index contributed by atoms with van der Waals surface area (Å²) in [7, 11) is 0. The van der Waals surface area contributed by atoms with Crippen LogP contribution in [0.2, 0.25) is 0 Å². The van der Waals surface area contributed by atoms with E-state index >= 15 is 0 Å². The number of benzene rings is 3. The van der Waals surface area contributed by atoms with Crippen LogP contribution in [0.25, 0.3) is 38.9 Å². The number of para-hydroxylation sites is 2. The van der Waals surface area contributed by atoms with Gasteiger partial charge in [-0.1, -0.05) is 60.7 Å². The van der Waals surface area contributed by atoms with Gasteiger partial charge in [0, 0.05) is 27.9 Å². The number of hydrogen-bond acceptors (Lipinski definition) is 6. The van der Waals surface area contributed by atoms with E-state index < -0.39 is 0 Å². The van der Waals surface area contributed by atoms with Gasteiger partial charge >= 0.3 is 0 Å². The lowest BCUT2D eigenvalue weighted by Gasteiger charge is -2.02. The number of hydrazone groups is 1. The van der Waals surface area contributed by atoms with Crippen LogP contribution in [0.15, 0.2) is 107 Å². The Balaban J connectivity index is 1.40. The quantitative estimate of drug-likeness (QED) is 0.281. The van der Waals surface area contributed by atoms with E-state index in [-0.39, 0.29) is 0 Å². The first-order valence-corrected chi connectivity index (χ1v) is 10.5. The van der Waals surface area contributed by atoms with Crippen LogP contribution in [0, 0.1) is 0 Å². The Morgan fingerprint density at radius 3 is 2.55 bits per heavy atom. The summed E-state index contributed by atoms with van der Waals surface area (Å²) in [6.45, 7) is 0. The summed E-state index contributed by atoms with van der Waals surface area (Å²) >= 11 is 0. The van der Waals surface area contributed by atoms with Crippen molar-refractivity contribution >= 4 is 33.8 Å². The molecule has 0 spiro atoms. The fourth-order valence-electron chi connectivity index (χ4n) is 3.76. The molecule has 0 saturated heterocycles. The molecule has 0 unspecified atom stereocenters. The second kappa shape index (κ2) is 8.05. The molecular weight excluding hydrogens is 412 g/mol. The Morgan fingerprint density at radius 1 is 0.879 bits per heavy atom. The van der Waals surface area contributed by atoms with Gasteiger partial charge in [-0.15, -0.1) is 5.10 Å². The molecule has 1 N–H and O–H groups in total. The van der Waals surface area contributed by atoms with Crippen molar-refractivity contribution in [2.45, 2.75) is 0 Å². The summed E-state index contributed by atoms with van der Waals surface area (Å²) < 4.78 is 7.91. The Hall–Kier alpha value is -4.78. The van der Waals surface area contributed by atoms with Crippen molar-refractivity contribution in [3.8, 4) is 17.1 Å². The third-order valence-corrected chi connectivity index (χ3v) is 5.37. The number of hydrogen-bond donors (Lipinski definition) is 1. The number of rotatable bonds is 5. The van der Waals surface area contributed by atoms with E-state index in [1.54, 1.807) is 12.4 Å². The van der Waals surface area contributed by atoms with Crippen molar-refractivity contribution < 1.29 is 4.42 Å². The molecule has 0 saturated carbocycles. The maximum Gasteiger partial charge on any atom is 0.176 e. The zero-order chi connectivity index (χ0) is 22.0. The minimum absolute atomic E-state index is 0.588. The molecule has 3 heterocycles. The highest BCUT2D eigenvalue weighted by Gasteiger charge is 2.15. The highest BCUT2D eigenvalue weighted by atomic mass is 16.3. The molecule has 7 heteroatoms. The second-order valence-corrected chi connectivity index (χ2v) is 7.51. The normalized spacial score (nSPS) is 11.5. The largest absolute Gasteiger partial charge is 0.454 e. The Labute approximate surface area is 189 Å². The number of nitrogens with one attached hydrogen (secondary N) is 1. The molecule has 0 aliphatic heterocycles. The van der Waals surface area contributed by atoms with Crippen LogP contribution >= 0.6 is 0 Å². The monoisotopic (exact) mass is 430 g/mol. The lowest BCUT2D eigenvalue weighted by molar-refractivity contribution is 0.627. The fraction of sp³-hybridized carbons (Fsp3) is 0. The lowest BCUT2D eigenvalue weighted by atomic mass is 10.2. The molecule has 33 heavy (non-hydrogen) atoms. The zero-order valence-electron chi connectivity index (χ0n) is 17.5. The molecule has 6 rings (SSSR count). The number of fused-ring (bicyclic) bond motifs is 2. The summed E-state index contributed by atoms with van der Waals surface area (Å²) in [6, 6.07) is 27.7. The third-order valence-electron chi connectivity index (χ3n) is 5.37. The van der Waals surface area contributed by atoms with Crippen LogP contribution in [-0.2, 0) is 0 Å². The molecule has 0 bridgehead atoms. The topological polar surface area (TPSA) is 81.1 Å². The molecule has 0 aliphatic carbocycles. The minimum Gasteiger partial charge on any atom is -0.454 e. The highest BCUT2D eigenvalue weighted by molar-refractivity contribution is 5.93. The molecule has 158 valence electrons. The molecule has 3 aromatic heterocycles. The number of nitrogens with zero attached hydrogens (tertiary/aromatic N) is 5. The summed E-state index contributed by atoms with van der Waals surface area (Å²) in [5.41, 5.74) is 6.28. The zero-order valence-corrected chi connectivity index (χ0v) is 17.5. The molecule has 6 aromatic rings. The van der Waals surface area contributed by atoms with Crippen LogP contribution in [0.1, 0.15) is 5.56 Å². The molecule has 3 aromatic carbocycles. The van der Waals surface area contributed by atoms with Gasteiger partial charge in [-0.2, -0.15) is 15.3 Å². The van der Waals surface area contributed by atoms with Crippen LogP contribution in [-0.4, -0.2) is 26.2 Å². The lowest BCUT2D eigenvalue weighted by Crippen LogP contribution is -1.96. The van der Waals surface area contributed by atoms with Crippen molar-refractivity contribution in [1.29, 1.82) is 0 Å². The fourth-order valence-corrected chi connectivity index (χ4v) is 3.76. The van der Waals surface area contributed by atoms with Crippen LogP contribution in [0.4, 0.5) is 5.82 Å². The van der Waals surface area contributed by atoms with Crippen molar-refractivity contribution in [2.75, 3.05) is 5.43 Å². The molecule has 7 nitrogen and oxygen atoms in total. The van der Waals surface area contributed by atoms with Crippen LogP contribution in [0.5, 0.6) is 0 Å². The second-order valence-electron chi connectivity index (χ2n) is 7.51. The van der Waals surface area contributed by atoms with E-state index in [4.69, 9.17) is 9.52 Å². The maximum absolute atomic E-state index is 6.09. The molecule has 0 amide bonds. The predicted molar refractivity (Wildman–Crippen MR) is 130 cm³/mol. The van der Waals surface area contributed by atoms with Gasteiger partial charge < -0.3 is 4.42 Å². The van der Waals surface area contributed by atoms with Crippen LogP contribution in [0.3, 0.4) is 0 Å². The van der Waals surface area contributed by atoms with Crippen molar-refractivity contribution in [3.05, 3.63) is 103 Å². The number of aromatic nitrogens is 4. The van der Waals surface area contributed by atoms with Gasteiger partial charge in [0.2, 0.25) is 0 Å². The maximum atomic E-state index is 6.09. The predicted octanol–water partition coefficient (Wildman–Crippen LogP) is 5.67. The number of anilines is 1. The first kappa shape index (κ1) is 18.9. The van der Waals surface area contributed by atoms with E-state index in [1.807, 2.05) is 95.8 Å². The average Bonchev–Trinajstić information content (AvgIpc) is 3.49. The third kappa shape index (κ3) is 3.61. The van der Waals surface area contributed by atoms with Crippen LogP contribution < -0.4 is 5.43 Å². The van der Waals surface area contributed by atoms with E-state index in [2.05, 4.69) is 20.7 Å². The van der Waals surface area contributed by atoms with E-state index in [9.17, 15) is 0 Å². The Morgan fingerprint density at radius 2 is 1.67 bits per heavy atom. The number of furan rings is 1. The van der Waals surface area contributed by atoms with Gasteiger partial charge in [0.1, 0.15) is 11.3 Å². The minimum atomic E-state index is 0.588. The molecule has 0 aliphatic rings. The summed E-state index contributed by atoms with van der Waals surface area (Å²) in [5, 5.41) is 20.4. The smallest absolute Gasteiger partial charge is 0.176 e. The van der Waals surface area contributed by atoms with E-state index in [0.29, 0.717) is 17.3 Å². The first-order chi connectivity index (χ1) is 16.3. The van der Waals surface area contributed by atoms with Gasteiger partial charge in [0.25, 0.3) is 0 Å². The van der Waals surface area contributed by atoms with Crippen molar-refractivity contribution in [1.82, 2.24) is 20.0 Å². The average molecular weight is 430 g/mol. The molecule has 0 radical (unpaired) electrons. The Bertz CT molecular complexity index is 1560. The highest BCUT2D eigenvalue weighted by Crippen LogP contribution is 2.29. The molecule has 0 atom stereocenters. The standard InChI is InChI=1S/C26H18N6O/c1-2-10-21(11-3-1)32-17-20(25(31-32)24-14-18-8-5-7-13-23(18)33-24)16-28-30-26-22-12-6-4-9-19(22)15-27-29-26/h1-17H,(H,29,30). The van der Waals surface area contributed by atoms with Gasteiger partial charge in [0.05, 0.1) is 18.1 Å². The Kier molecular flexibility index (Phi) is 4.62. The summed E-state index contributed by atoms with van der Waals surface area (Å²) in [6.07, 6.45) is 5.38. The van der Waals surface area contributed by atoms with Gasteiger partial charge in [-0.25, -0.2) is 4.68 Å². The summed E-state index contributed by atoms with van der Waals surface area (Å²) in [4.78, 5) is 0. The first-order valence-electron chi connectivity index (χ1n) is 10.5.